The Morgan fingerprint density at radius 2 is 2.29 bits per heavy atom. The van der Waals surface area contributed by atoms with E-state index in [2.05, 4.69) is 23.2 Å². The van der Waals surface area contributed by atoms with E-state index in [4.69, 9.17) is 4.74 Å². The smallest absolute Gasteiger partial charge is 0.0797 e. The molecule has 3 rings (SSSR count). The highest BCUT2D eigenvalue weighted by molar-refractivity contribution is 7.13. The van der Waals surface area contributed by atoms with Crippen LogP contribution < -0.4 is 0 Å². The molecule has 2 nitrogen and oxygen atoms in total. The van der Waals surface area contributed by atoms with Crippen molar-refractivity contribution in [2.24, 2.45) is 0 Å². The molecule has 0 bridgehead atoms. The van der Waals surface area contributed by atoms with Crippen molar-refractivity contribution in [1.82, 2.24) is 4.98 Å². The van der Waals surface area contributed by atoms with Gasteiger partial charge in [0.05, 0.1) is 23.6 Å². The molecule has 0 radical (unpaired) electrons. The molecular formula is C11H9NOS. The fraction of sp³-hybridized carbons (Fsp3) is 0.182. The number of rotatable bonds is 1. The molecule has 0 saturated heterocycles. The van der Waals surface area contributed by atoms with E-state index in [0.717, 1.165) is 13.2 Å². The number of ether oxygens (including phenoxy) is 1. The molecule has 1 aromatic carbocycles. The van der Waals surface area contributed by atoms with Crippen LogP contribution in [0, 0.1) is 0 Å². The highest BCUT2D eigenvalue weighted by Gasteiger charge is 2.16. The highest BCUT2D eigenvalue weighted by Crippen LogP contribution is 2.32. The fourth-order valence-corrected chi connectivity index (χ4v) is 2.46. The monoisotopic (exact) mass is 203 g/mol. The van der Waals surface area contributed by atoms with Gasteiger partial charge >= 0.3 is 0 Å². The third kappa shape index (κ3) is 1.17. The van der Waals surface area contributed by atoms with E-state index in [1.165, 1.54) is 21.6 Å². The molecule has 14 heavy (non-hydrogen) atoms. The molecular weight excluding hydrogens is 194 g/mol. The Labute approximate surface area is 86.2 Å². The van der Waals surface area contributed by atoms with Gasteiger partial charge in [-0.3, -0.25) is 4.98 Å². The van der Waals surface area contributed by atoms with E-state index >= 15 is 0 Å². The Kier molecular flexibility index (Phi) is 1.85. The molecule has 0 saturated carbocycles. The average Bonchev–Trinajstić information content (AvgIpc) is 2.88. The lowest BCUT2D eigenvalue weighted by Crippen LogP contribution is -1.85. The van der Waals surface area contributed by atoms with E-state index < -0.39 is 0 Å². The summed E-state index contributed by atoms with van der Waals surface area (Å²) in [7, 11) is 0. The molecule has 1 aliphatic heterocycles. The number of nitrogens with zero attached hydrogens (tertiary/aromatic N) is 1. The Morgan fingerprint density at radius 3 is 3.14 bits per heavy atom. The van der Waals surface area contributed by atoms with Crippen molar-refractivity contribution < 1.29 is 4.74 Å². The van der Waals surface area contributed by atoms with Crippen LogP contribution in [0.1, 0.15) is 11.1 Å². The van der Waals surface area contributed by atoms with Gasteiger partial charge in [-0.15, -0.1) is 11.3 Å². The molecule has 2 aromatic rings. The van der Waals surface area contributed by atoms with Crippen LogP contribution >= 0.6 is 11.3 Å². The fourth-order valence-electron chi connectivity index (χ4n) is 1.78. The van der Waals surface area contributed by atoms with Crippen molar-refractivity contribution >= 4 is 11.3 Å². The summed E-state index contributed by atoms with van der Waals surface area (Å²) in [4.78, 5) is 5.33. The molecule has 0 fully saturated rings. The molecule has 1 aliphatic rings. The number of hydrogen-bond acceptors (Lipinski definition) is 3. The van der Waals surface area contributed by atoms with Crippen LogP contribution in [0.15, 0.2) is 29.9 Å². The minimum atomic E-state index is 0.739. The lowest BCUT2D eigenvalue weighted by Gasteiger charge is -2.03. The summed E-state index contributed by atoms with van der Waals surface area (Å²) in [5, 5.41) is 0. The summed E-state index contributed by atoms with van der Waals surface area (Å²) in [6.07, 6.45) is 1.92. The quantitative estimate of drug-likeness (QED) is 0.711. The van der Waals surface area contributed by atoms with Crippen LogP contribution in [0.25, 0.3) is 10.4 Å². The van der Waals surface area contributed by atoms with Gasteiger partial charge in [0.1, 0.15) is 0 Å². The van der Waals surface area contributed by atoms with Gasteiger partial charge in [0.2, 0.25) is 0 Å². The van der Waals surface area contributed by atoms with E-state index in [1.54, 1.807) is 11.3 Å². The van der Waals surface area contributed by atoms with Crippen molar-refractivity contribution in [3.8, 4) is 10.4 Å². The molecule has 2 heterocycles. The Bertz CT molecular complexity index is 450. The predicted molar refractivity (Wildman–Crippen MR) is 56.0 cm³/mol. The molecule has 0 aliphatic carbocycles. The zero-order chi connectivity index (χ0) is 9.38. The number of benzene rings is 1. The van der Waals surface area contributed by atoms with Crippen LogP contribution in [0.4, 0.5) is 0 Å². The third-order valence-electron chi connectivity index (χ3n) is 2.47. The van der Waals surface area contributed by atoms with Gasteiger partial charge in [-0.2, -0.15) is 0 Å². The second-order valence-electron chi connectivity index (χ2n) is 3.30. The van der Waals surface area contributed by atoms with Crippen LogP contribution in [0.2, 0.25) is 0 Å². The number of hydrogen-bond donors (Lipinski definition) is 0. The summed E-state index contributed by atoms with van der Waals surface area (Å²) < 4.78 is 5.44. The first-order valence-corrected chi connectivity index (χ1v) is 5.40. The highest BCUT2D eigenvalue weighted by atomic mass is 32.1. The van der Waals surface area contributed by atoms with Crippen molar-refractivity contribution in [2.75, 3.05) is 0 Å². The van der Waals surface area contributed by atoms with Crippen molar-refractivity contribution in [2.45, 2.75) is 13.2 Å². The van der Waals surface area contributed by atoms with Gasteiger partial charge in [-0.05, 0) is 16.7 Å². The normalized spacial score (nSPS) is 14.3. The zero-order valence-corrected chi connectivity index (χ0v) is 8.38. The second kappa shape index (κ2) is 3.19. The number of aromatic nitrogens is 1. The van der Waals surface area contributed by atoms with Crippen LogP contribution in [0.3, 0.4) is 0 Å². The molecule has 0 unspecified atom stereocenters. The SMILES string of the molecule is c1cc2c(c(-c3cncs3)c1)COC2. The number of fused-ring (bicyclic) bond motifs is 1. The maximum atomic E-state index is 5.44. The summed E-state index contributed by atoms with van der Waals surface area (Å²) in [6.45, 7) is 1.49. The zero-order valence-electron chi connectivity index (χ0n) is 7.56. The number of thiazole rings is 1. The summed E-state index contributed by atoms with van der Waals surface area (Å²) >= 11 is 1.68. The summed E-state index contributed by atoms with van der Waals surface area (Å²) in [6, 6.07) is 6.36. The standard InChI is InChI=1S/C11H9NOS/c1-2-8-5-13-6-10(8)9(3-1)11-4-12-7-14-11/h1-4,7H,5-6H2. The van der Waals surface area contributed by atoms with Gasteiger partial charge < -0.3 is 4.74 Å². The van der Waals surface area contributed by atoms with E-state index in [1.807, 2.05) is 11.7 Å². The first kappa shape index (κ1) is 8.15. The lowest BCUT2D eigenvalue weighted by atomic mass is 10.0. The van der Waals surface area contributed by atoms with E-state index in [0.29, 0.717) is 0 Å². The average molecular weight is 203 g/mol. The molecule has 0 amide bonds. The van der Waals surface area contributed by atoms with Crippen LogP contribution in [0.5, 0.6) is 0 Å². The van der Waals surface area contributed by atoms with Crippen LogP contribution in [-0.2, 0) is 18.0 Å². The minimum absolute atomic E-state index is 0.739. The molecule has 0 N–H and O–H groups in total. The molecule has 1 aromatic heterocycles. The van der Waals surface area contributed by atoms with E-state index in [-0.39, 0.29) is 0 Å². The molecule has 0 atom stereocenters. The largest absolute Gasteiger partial charge is 0.372 e. The topological polar surface area (TPSA) is 22.1 Å². The Morgan fingerprint density at radius 1 is 1.29 bits per heavy atom. The third-order valence-corrected chi connectivity index (χ3v) is 3.28. The van der Waals surface area contributed by atoms with E-state index in [9.17, 15) is 0 Å². The first-order valence-electron chi connectivity index (χ1n) is 4.52. The van der Waals surface area contributed by atoms with Crippen LogP contribution in [-0.4, -0.2) is 4.98 Å². The van der Waals surface area contributed by atoms with Gasteiger partial charge in [0, 0.05) is 6.20 Å². The Balaban J connectivity index is 2.20. The maximum absolute atomic E-state index is 5.44. The predicted octanol–water partition coefficient (Wildman–Crippen LogP) is 2.84. The van der Waals surface area contributed by atoms with Gasteiger partial charge in [-0.1, -0.05) is 18.2 Å². The molecule has 3 heteroatoms. The minimum Gasteiger partial charge on any atom is -0.372 e. The summed E-state index contributed by atoms with van der Waals surface area (Å²) in [5.41, 5.74) is 5.79. The first-order chi connectivity index (χ1) is 6.95. The van der Waals surface area contributed by atoms with Crippen molar-refractivity contribution in [3.63, 3.8) is 0 Å². The lowest BCUT2D eigenvalue weighted by molar-refractivity contribution is 0.134. The van der Waals surface area contributed by atoms with Gasteiger partial charge in [0.25, 0.3) is 0 Å². The van der Waals surface area contributed by atoms with Gasteiger partial charge in [-0.25, -0.2) is 0 Å². The van der Waals surface area contributed by atoms with Crippen molar-refractivity contribution in [3.05, 3.63) is 41.0 Å². The van der Waals surface area contributed by atoms with Crippen molar-refractivity contribution in [1.29, 1.82) is 0 Å². The summed E-state index contributed by atoms with van der Waals surface area (Å²) in [5.74, 6) is 0. The Hall–Kier alpha value is -1.19. The second-order valence-corrected chi connectivity index (χ2v) is 4.19. The maximum Gasteiger partial charge on any atom is 0.0797 e. The molecule has 70 valence electrons. The van der Waals surface area contributed by atoms with Gasteiger partial charge in [0.15, 0.2) is 0 Å². The molecule has 0 spiro atoms.